The molecule has 0 radical (unpaired) electrons. The summed E-state index contributed by atoms with van der Waals surface area (Å²) in [4.78, 5) is 0. The van der Waals surface area contributed by atoms with Crippen molar-refractivity contribution in [1.29, 1.82) is 0 Å². The van der Waals surface area contributed by atoms with E-state index in [1.165, 1.54) is 16.7 Å². The fourth-order valence-electron chi connectivity index (χ4n) is 4.56. The van der Waals surface area contributed by atoms with Crippen LogP contribution >= 0.6 is 0 Å². The molecule has 31 heavy (non-hydrogen) atoms. The molecule has 4 rings (SSSR count). The van der Waals surface area contributed by atoms with Crippen LogP contribution in [0.3, 0.4) is 0 Å². The van der Waals surface area contributed by atoms with Gasteiger partial charge in [-0.25, -0.2) is 8.78 Å². The van der Waals surface area contributed by atoms with Crippen LogP contribution in [0, 0.1) is 20.8 Å². The Kier molecular flexibility index (Phi) is 5.93. The maximum atomic E-state index is 14.2. The summed E-state index contributed by atoms with van der Waals surface area (Å²) in [6, 6.07) is 12.3. The smallest absolute Gasteiger partial charge is 0.260 e. The van der Waals surface area contributed by atoms with E-state index in [9.17, 15) is 8.78 Å². The van der Waals surface area contributed by atoms with Gasteiger partial charge in [0.05, 0.1) is 18.3 Å². The third-order valence-electron chi connectivity index (χ3n) is 6.52. The summed E-state index contributed by atoms with van der Waals surface area (Å²) in [5, 5.41) is 17.1. The van der Waals surface area contributed by atoms with Crippen LogP contribution in [-0.2, 0) is 0 Å². The Morgan fingerprint density at radius 2 is 1.90 bits per heavy atom. The van der Waals surface area contributed by atoms with Crippen LogP contribution in [0.5, 0.6) is 0 Å². The molecule has 1 saturated heterocycles. The molecule has 0 aliphatic carbocycles. The number of nitrogens with zero attached hydrogens (tertiary/aromatic N) is 2. The van der Waals surface area contributed by atoms with Crippen LogP contribution in [0.2, 0.25) is 0 Å². The molecule has 1 fully saturated rings. The summed E-state index contributed by atoms with van der Waals surface area (Å²) >= 11 is 0. The number of fused-ring (bicyclic) bond motifs is 1. The highest BCUT2D eigenvalue weighted by Crippen LogP contribution is 2.37. The molecule has 4 nitrogen and oxygen atoms in total. The van der Waals surface area contributed by atoms with E-state index in [4.69, 9.17) is 0 Å². The van der Waals surface area contributed by atoms with Gasteiger partial charge in [0, 0.05) is 17.2 Å². The number of aryl methyl sites for hydroxylation is 2. The minimum absolute atomic E-state index is 0.0372. The predicted octanol–water partition coefficient (Wildman–Crippen LogP) is 5.83. The lowest BCUT2D eigenvalue weighted by molar-refractivity contribution is -0.00597. The number of rotatable bonds is 4. The number of alkyl halides is 2. The number of nitrogens with one attached hydrogen (secondary N) is 2. The van der Waals surface area contributed by atoms with Gasteiger partial charge in [0.2, 0.25) is 0 Å². The number of benzene rings is 2. The van der Waals surface area contributed by atoms with Crippen molar-refractivity contribution in [3.8, 4) is 0 Å². The monoisotopic (exact) mass is 424 g/mol. The lowest BCUT2D eigenvalue weighted by Gasteiger charge is -2.22. The van der Waals surface area contributed by atoms with Crippen LogP contribution in [0.4, 0.5) is 14.6 Å². The molecule has 0 spiro atoms. The van der Waals surface area contributed by atoms with Gasteiger partial charge in [-0.3, -0.25) is 0 Å². The van der Waals surface area contributed by atoms with Crippen molar-refractivity contribution < 1.29 is 8.78 Å². The molecule has 1 aromatic heterocycles. The molecule has 0 saturated carbocycles. The predicted molar refractivity (Wildman–Crippen MR) is 122 cm³/mol. The Morgan fingerprint density at radius 1 is 1.10 bits per heavy atom. The highest BCUT2D eigenvalue weighted by molar-refractivity contribution is 5.93. The normalized spacial score (nSPS) is 19.7. The van der Waals surface area contributed by atoms with Crippen molar-refractivity contribution in [3.05, 3.63) is 64.3 Å². The largest absolute Gasteiger partial charge is 0.362 e. The Labute approximate surface area is 182 Å². The van der Waals surface area contributed by atoms with Crippen LogP contribution < -0.4 is 10.6 Å². The van der Waals surface area contributed by atoms with Gasteiger partial charge in [-0.2, -0.15) is 5.10 Å². The minimum Gasteiger partial charge on any atom is -0.362 e. The highest BCUT2D eigenvalue weighted by Gasteiger charge is 2.35. The van der Waals surface area contributed by atoms with Crippen LogP contribution in [-0.4, -0.2) is 29.2 Å². The standard InChI is InChI=1S/C25H30F2N4/c1-15-6-5-7-21(16(15)2)17(3)29-24-23-12-19(8-9-22(23)18(4)30-31-24)20-10-11-28-14-25(26,27)13-20/h5-9,12,17,20,28H,10-11,13-14H2,1-4H3,(H,29,31)/t17-,20?/m1/s1. The van der Waals surface area contributed by atoms with Gasteiger partial charge in [0.25, 0.3) is 5.92 Å². The summed E-state index contributed by atoms with van der Waals surface area (Å²) in [7, 11) is 0. The van der Waals surface area contributed by atoms with Gasteiger partial charge in [-0.15, -0.1) is 5.10 Å². The van der Waals surface area contributed by atoms with Gasteiger partial charge >= 0.3 is 0 Å². The van der Waals surface area contributed by atoms with Crippen molar-refractivity contribution in [2.24, 2.45) is 0 Å². The molecule has 0 bridgehead atoms. The number of halogens is 2. The Morgan fingerprint density at radius 3 is 2.71 bits per heavy atom. The minimum atomic E-state index is -2.69. The summed E-state index contributed by atoms with van der Waals surface area (Å²) < 4.78 is 28.4. The third-order valence-corrected chi connectivity index (χ3v) is 6.52. The average Bonchev–Trinajstić information content (AvgIpc) is 2.92. The lowest BCUT2D eigenvalue weighted by Crippen LogP contribution is -2.30. The van der Waals surface area contributed by atoms with Gasteiger partial charge < -0.3 is 10.6 Å². The summed E-state index contributed by atoms with van der Waals surface area (Å²) in [6.07, 6.45) is 0.560. The summed E-state index contributed by atoms with van der Waals surface area (Å²) in [5.74, 6) is -2.19. The van der Waals surface area contributed by atoms with E-state index >= 15 is 0 Å². The first-order valence-corrected chi connectivity index (χ1v) is 10.9. The van der Waals surface area contributed by atoms with Crippen molar-refractivity contribution >= 4 is 16.6 Å². The second kappa shape index (κ2) is 8.50. The summed E-state index contributed by atoms with van der Waals surface area (Å²) in [6.45, 7) is 8.62. The molecule has 2 heterocycles. The van der Waals surface area contributed by atoms with E-state index in [-0.39, 0.29) is 24.9 Å². The molecule has 1 aliphatic rings. The van der Waals surface area contributed by atoms with Crippen molar-refractivity contribution in [2.45, 2.75) is 58.4 Å². The Balaban J connectivity index is 1.71. The van der Waals surface area contributed by atoms with E-state index in [1.54, 1.807) is 0 Å². The molecule has 2 aromatic carbocycles. The topological polar surface area (TPSA) is 49.8 Å². The first-order chi connectivity index (χ1) is 14.7. The molecule has 2 atom stereocenters. The lowest BCUT2D eigenvalue weighted by atomic mass is 9.89. The molecular formula is C25H30F2N4. The van der Waals surface area contributed by atoms with Crippen molar-refractivity contribution in [2.75, 3.05) is 18.4 Å². The maximum absolute atomic E-state index is 14.2. The van der Waals surface area contributed by atoms with Gasteiger partial charge in [0.15, 0.2) is 5.82 Å². The van der Waals surface area contributed by atoms with Crippen molar-refractivity contribution in [3.63, 3.8) is 0 Å². The number of hydrogen-bond acceptors (Lipinski definition) is 4. The zero-order valence-electron chi connectivity index (χ0n) is 18.6. The number of hydrogen-bond donors (Lipinski definition) is 2. The summed E-state index contributed by atoms with van der Waals surface area (Å²) in [5.41, 5.74) is 5.48. The molecule has 3 aromatic rings. The number of aromatic nitrogens is 2. The highest BCUT2D eigenvalue weighted by atomic mass is 19.3. The first-order valence-electron chi connectivity index (χ1n) is 10.9. The van der Waals surface area contributed by atoms with Gasteiger partial charge in [-0.05, 0) is 74.9 Å². The van der Waals surface area contributed by atoms with E-state index in [0.717, 1.165) is 22.0 Å². The van der Waals surface area contributed by atoms with Crippen molar-refractivity contribution in [1.82, 2.24) is 15.5 Å². The zero-order chi connectivity index (χ0) is 22.2. The molecular weight excluding hydrogens is 394 g/mol. The fraction of sp³-hybridized carbons (Fsp3) is 0.440. The first kappa shape index (κ1) is 21.6. The molecule has 6 heteroatoms. The van der Waals surface area contributed by atoms with E-state index in [2.05, 4.69) is 59.8 Å². The SMILES string of the molecule is Cc1cccc([C@@H](C)Nc2nnc(C)c3ccc(C4CCNCC(F)(F)C4)cc23)c1C. The third kappa shape index (κ3) is 4.54. The molecule has 164 valence electrons. The quantitative estimate of drug-likeness (QED) is 0.553. The van der Waals surface area contributed by atoms with E-state index < -0.39 is 5.92 Å². The Hall–Kier alpha value is -2.60. The molecule has 2 N–H and O–H groups in total. The second-order valence-corrected chi connectivity index (χ2v) is 8.82. The van der Waals surface area contributed by atoms with Gasteiger partial charge in [-0.1, -0.05) is 30.3 Å². The van der Waals surface area contributed by atoms with E-state index in [0.29, 0.717) is 18.8 Å². The maximum Gasteiger partial charge on any atom is 0.260 e. The molecule has 1 unspecified atom stereocenters. The average molecular weight is 425 g/mol. The Bertz CT molecular complexity index is 1100. The fourth-order valence-corrected chi connectivity index (χ4v) is 4.56. The number of anilines is 1. The second-order valence-electron chi connectivity index (χ2n) is 8.82. The van der Waals surface area contributed by atoms with Gasteiger partial charge in [0.1, 0.15) is 0 Å². The zero-order valence-corrected chi connectivity index (χ0v) is 18.6. The van der Waals surface area contributed by atoms with Crippen LogP contribution in [0.15, 0.2) is 36.4 Å². The van der Waals surface area contributed by atoms with Crippen LogP contribution in [0.1, 0.15) is 59.7 Å². The van der Waals surface area contributed by atoms with E-state index in [1.807, 2.05) is 25.1 Å². The molecule has 1 aliphatic heterocycles. The molecule has 0 amide bonds. The van der Waals surface area contributed by atoms with Crippen LogP contribution in [0.25, 0.3) is 10.8 Å².